The molecular formula is C16H28IN3O2. The minimum absolute atomic E-state index is 0. The number of methoxy groups -OCH3 is 2. The largest absolute Gasteiger partial charge is 0.493 e. The summed E-state index contributed by atoms with van der Waals surface area (Å²) in [6.45, 7) is 5.37. The lowest BCUT2D eigenvalue weighted by Crippen LogP contribution is -2.31. The van der Waals surface area contributed by atoms with Crippen molar-refractivity contribution in [1.82, 2.24) is 5.32 Å². The third-order valence-electron chi connectivity index (χ3n) is 3.12. The molecule has 0 amide bonds. The molecule has 0 saturated heterocycles. The van der Waals surface area contributed by atoms with Gasteiger partial charge in [0.25, 0.3) is 0 Å². The van der Waals surface area contributed by atoms with E-state index in [1.165, 1.54) is 6.42 Å². The molecule has 1 rings (SSSR count). The number of halogens is 1. The summed E-state index contributed by atoms with van der Waals surface area (Å²) in [4.78, 5) is 4.22. The second-order valence-electron chi connectivity index (χ2n) is 5.23. The SMILES string of the molecule is CN=C(NCCCC(C)C)Nc1ccc(OC)c(OC)c1.I. The topological polar surface area (TPSA) is 54.9 Å². The van der Waals surface area contributed by atoms with Crippen molar-refractivity contribution in [3.63, 3.8) is 0 Å². The van der Waals surface area contributed by atoms with Crippen molar-refractivity contribution in [3.05, 3.63) is 18.2 Å². The van der Waals surface area contributed by atoms with Crippen LogP contribution < -0.4 is 20.1 Å². The third kappa shape index (κ3) is 7.20. The van der Waals surface area contributed by atoms with Crippen LogP contribution in [-0.4, -0.2) is 33.8 Å². The summed E-state index contributed by atoms with van der Waals surface area (Å²) in [5, 5.41) is 6.55. The molecule has 0 aromatic heterocycles. The average molecular weight is 421 g/mol. The van der Waals surface area contributed by atoms with E-state index < -0.39 is 0 Å². The quantitative estimate of drug-likeness (QED) is 0.305. The number of ether oxygens (including phenoxy) is 2. The molecule has 0 saturated carbocycles. The summed E-state index contributed by atoms with van der Waals surface area (Å²) in [7, 11) is 5.01. The molecule has 0 atom stereocenters. The maximum absolute atomic E-state index is 5.29. The first-order valence-electron chi connectivity index (χ1n) is 7.30. The van der Waals surface area contributed by atoms with Gasteiger partial charge in [0.15, 0.2) is 17.5 Å². The lowest BCUT2D eigenvalue weighted by atomic mass is 10.1. The molecule has 0 aliphatic carbocycles. The predicted octanol–water partition coefficient (Wildman–Crippen LogP) is 3.75. The first kappa shape index (κ1) is 20.8. The number of hydrogen-bond donors (Lipinski definition) is 2. The monoisotopic (exact) mass is 421 g/mol. The van der Waals surface area contributed by atoms with E-state index in [0.29, 0.717) is 11.5 Å². The molecule has 1 aromatic rings. The second-order valence-corrected chi connectivity index (χ2v) is 5.23. The van der Waals surface area contributed by atoms with Gasteiger partial charge in [-0.2, -0.15) is 0 Å². The van der Waals surface area contributed by atoms with Gasteiger partial charge in [0, 0.05) is 25.3 Å². The Morgan fingerprint density at radius 1 is 1.18 bits per heavy atom. The van der Waals surface area contributed by atoms with E-state index in [-0.39, 0.29) is 24.0 Å². The first-order chi connectivity index (χ1) is 10.1. The molecule has 22 heavy (non-hydrogen) atoms. The second kappa shape index (κ2) is 11.4. The van der Waals surface area contributed by atoms with Crippen molar-refractivity contribution < 1.29 is 9.47 Å². The smallest absolute Gasteiger partial charge is 0.195 e. The number of nitrogens with zero attached hydrogens (tertiary/aromatic N) is 1. The summed E-state index contributed by atoms with van der Waals surface area (Å²) >= 11 is 0. The van der Waals surface area contributed by atoms with E-state index >= 15 is 0 Å². The molecule has 0 unspecified atom stereocenters. The number of guanidine groups is 1. The molecule has 5 nitrogen and oxygen atoms in total. The molecule has 0 spiro atoms. The van der Waals surface area contributed by atoms with Gasteiger partial charge in [-0.15, -0.1) is 24.0 Å². The maximum Gasteiger partial charge on any atom is 0.195 e. The molecule has 0 bridgehead atoms. The van der Waals surface area contributed by atoms with Crippen LogP contribution in [0, 0.1) is 5.92 Å². The lowest BCUT2D eigenvalue weighted by Gasteiger charge is -2.14. The highest BCUT2D eigenvalue weighted by atomic mass is 127. The van der Waals surface area contributed by atoms with E-state index in [1.807, 2.05) is 18.2 Å². The standard InChI is InChI=1S/C16H27N3O2.HI/c1-12(2)7-6-10-18-16(17-3)19-13-8-9-14(20-4)15(11-13)21-5;/h8-9,11-12H,6-7,10H2,1-5H3,(H2,17,18,19);1H. The normalized spacial score (nSPS) is 10.9. The number of aliphatic imine (C=N–C) groups is 1. The van der Waals surface area contributed by atoms with Crippen molar-refractivity contribution in [3.8, 4) is 11.5 Å². The molecule has 1 aromatic carbocycles. The summed E-state index contributed by atoms with van der Waals surface area (Å²) < 4.78 is 10.5. The molecule has 0 fully saturated rings. The highest BCUT2D eigenvalue weighted by Crippen LogP contribution is 2.29. The van der Waals surface area contributed by atoms with Gasteiger partial charge in [0.2, 0.25) is 0 Å². The van der Waals surface area contributed by atoms with Crippen LogP contribution in [0.1, 0.15) is 26.7 Å². The van der Waals surface area contributed by atoms with Crippen LogP contribution in [0.2, 0.25) is 0 Å². The predicted molar refractivity (Wildman–Crippen MR) is 104 cm³/mol. The van der Waals surface area contributed by atoms with Crippen LogP contribution in [0.3, 0.4) is 0 Å². The van der Waals surface area contributed by atoms with E-state index in [9.17, 15) is 0 Å². The maximum atomic E-state index is 5.29. The van der Waals surface area contributed by atoms with Gasteiger partial charge >= 0.3 is 0 Å². The number of rotatable bonds is 7. The molecule has 6 heteroatoms. The lowest BCUT2D eigenvalue weighted by molar-refractivity contribution is 0.355. The van der Waals surface area contributed by atoms with Gasteiger partial charge in [-0.3, -0.25) is 4.99 Å². The van der Waals surface area contributed by atoms with Crippen molar-refractivity contribution >= 4 is 35.6 Å². The number of anilines is 1. The minimum Gasteiger partial charge on any atom is -0.493 e. The molecule has 126 valence electrons. The third-order valence-corrected chi connectivity index (χ3v) is 3.12. The Bertz CT molecular complexity index is 465. The van der Waals surface area contributed by atoms with Gasteiger partial charge < -0.3 is 20.1 Å². The highest BCUT2D eigenvalue weighted by Gasteiger charge is 2.06. The first-order valence-corrected chi connectivity index (χ1v) is 7.30. The summed E-state index contributed by atoms with van der Waals surface area (Å²) in [6, 6.07) is 5.69. The van der Waals surface area contributed by atoms with Gasteiger partial charge in [-0.05, 0) is 30.9 Å². The minimum atomic E-state index is 0. The average Bonchev–Trinajstić information content (AvgIpc) is 2.49. The molecular weight excluding hydrogens is 393 g/mol. The van der Waals surface area contributed by atoms with Crippen LogP contribution >= 0.6 is 24.0 Å². The molecule has 2 N–H and O–H groups in total. The van der Waals surface area contributed by atoms with Crippen molar-refractivity contribution in [2.45, 2.75) is 26.7 Å². The Kier molecular flexibility index (Phi) is 10.8. The van der Waals surface area contributed by atoms with Gasteiger partial charge in [-0.1, -0.05) is 13.8 Å². The van der Waals surface area contributed by atoms with Crippen molar-refractivity contribution in [2.75, 3.05) is 33.1 Å². The zero-order valence-electron chi connectivity index (χ0n) is 14.1. The number of benzene rings is 1. The van der Waals surface area contributed by atoms with Crippen LogP contribution in [0.4, 0.5) is 5.69 Å². The van der Waals surface area contributed by atoms with Gasteiger partial charge in [-0.25, -0.2) is 0 Å². The highest BCUT2D eigenvalue weighted by molar-refractivity contribution is 14.0. The summed E-state index contributed by atoms with van der Waals surface area (Å²) in [5.74, 6) is 2.89. The van der Waals surface area contributed by atoms with Crippen molar-refractivity contribution in [2.24, 2.45) is 10.9 Å². The van der Waals surface area contributed by atoms with E-state index in [2.05, 4.69) is 29.5 Å². The molecule has 0 heterocycles. The number of nitrogens with one attached hydrogen (secondary N) is 2. The van der Waals surface area contributed by atoms with Crippen LogP contribution in [-0.2, 0) is 0 Å². The molecule has 0 radical (unpaired) electrons. The van der Waals surface area contributed by atoms with E-state index in [1.54, 1.807) is 21.3 Å². The summed E-state index contributed by atoms with van der Waals surface area (Å²) in [6.07, 6.45) is 2.34. The number of hydrogen-bond acceptors (Lipinski definition) is 3. The van der Waals surface area contributed by atoms with Crippen molar-refractivity contribution in [1.29, 1.82) is 0 Å². The molecule has 0 aliphatic rings. The summed E-state index contributed by atoms with van der Waals surface area (Å²) in [5.41, 5.74) is 0.907. The fourth-order valence-corrected chi connectivity index (χ4v) is 1.95. The van der Waals surface area contributed by atoms with Crippen LogP contribution in [0.5, 0.6) is 11.5 Å². The Morgan fingerprint density at radius 3 is 2.41 bits per heavy atom. The van der Waals surface area contributed by atoms with Gasteiger partial charge in [0.05, 0.1) is 14.2 Å². The zero-order valence-corrected chi connectivity index (χ0v) is 16.4. The van der Waals surface area contributed by atoms with Crippen LogP contribution in [0.15, 0.2) is 23.2 Å². The Morgan fingerprint density at radius 2 is 1.86 bits per heavy atom. The fraction of sp³-hybridized carbons (Fsp3) is 0.562. The zero-order chi connectivity index (χ0) is 15.7. The Labute approximate surface area is 150 Å². The van der Waals surface area contributed by atoms with Crippen LogP contribution in [0.25, 0.3) is 0 Å². The Balaban J connectivity index is 0.00000441. The van der Waals surface area contributed by atoms with E-state index in [0.717, 1.165) is 30.5 Å². The fourth-order valence-electron chi connectivity index (χ4n) is 1.95. The van der Waals surface area contributed by atoms with Gasteiger partial charge in [0.1, 0.15) is 0 Å². The van der Waals surface area contributed by atoms with E-state index in [4.69, 9.17) is 9.47 Å². The Hall–Kier alpha value is -1.18. The molecule has 0 aliphatic heterocycles.